The van der Waals surface area contributed by atoms with Crippen LogP contribution in [0.5, 0.6) is 5.75 Å². The number of aromatic hydroxyl groups is 1. The molecule has 0 radical (unpaired) electrons. The molecule has 0 aliphatic carbocycles. The fourth-order valence-electron chi connectivity index (χ4n) is 1.52. The summed E-state index contributed by atoms with van der Waals surface area (Å²) in [6, 6.07) is 7.19. The summed E-state index contributed by atoms with van der Waals surface area (Å²) >= 11 is 0. The summed E-state index contributed by atoms with van der Waals surface area (Å²) < 4.78 is 0. The second kappa shape index (κ2) is 6.54. The van der Waals surface area contributed by atoms with Crippen LogP contribution in [0.25, 0.3) is 0 Å². The van der Waals surface area contributed by atoms with Crippen molar-refractivity contribution < 1.29 is 9.90 Å². The lowest BCUT2D eigenvalue weighted by Gasteiger charge is -2.09. The van der Waals surface area contributed by atoms with Gasteiger partial charge < -0.3 is 10.4 Å². The standard InChI is InChI=1S/C13H16N2O2/c1-2-5-12(16)15-11-8-3-6-10(13(11)17)7-4-9-14/h3,6,8,17H,2,4-5,7H2,1H3,(H,15,16). The number of carbonyl (C=O) groups excluding carboxylic acids is 1. The molecule has 0 unspecified atom stereocenters. The molecule has 0 spiro atoms. The van der Waals surface area contributed by atoms with Gasteiger partial charge in [0.05, 0.1) is 11.8 Å². The number of hydrogen-bond donors (Lipinski definition) is 2. The van der Waals surface area contributed by atoms with Crippen molar-refractivity contribution in [3.05, 3.63) is 23.8 Å². The Bertz CT molecular complexity index is 436. The van der Waals surface area contributed by atoms with Gasteiger partial charge in [0.1, 0.15) is 5.75 Å². The minimum absolute atomic E-state index is 0.0622. The van der Waals surface area contributed by atoms with Crippen molar-refractivity contribution in [2.45, 2.75) is 32.6 Å². The summed E-state index contributed by atoms with van der Waals surface area (Å²) in [5.74, 6) is -0.0487. The SMILES string of the molecule is CCCC(=O)Nc1cccc(CCC#N)c1O. The van der Waals surface area contributed by atoms with Crippen LogP contribution in [0.3, 0.4) is 0 Å². The zero-order chi connectivity index (χ0) is 12.7. The maximum Gasteiger partial charge on any atom is 0.224 e. The van der Waals surface area contributed by atoms with Crippen molar-refractivity contribution in [2.24, 2.45) is 0 Å². The number of hydrogen-bond acceptors (Lipinski definition) is 3. The lowest BCUT2D eigenvalue weighted by atomic mass is 10.1. The number of phenols is 1. The molecule has 1 amide bonds. The quantitative estimate of drug-likeness (QED) is 0.766. The van der Waals surface area contributed by atoms with E-state index in [1.807, 2.05) is 13.0 Å². The Labute approximate surface area is 101 Å². The highest BCUT2D eigenvalue weighted by Gasteiger charge is 2.09. The highest BCUT2D eigenvalue weighted by Crippen LogP contribution is 2.28. The van der Waals surface area contributed by atoms with Crippen LogP contribution in [0.15, 0.2) is 18.2 Å². The molecule has 0 atom stereocenters. The monoisotopic (exact) mass is 232 g/mol. The molecule has 17 heavy (non-hydrogen) atoms. The van der Waals surface area contributed by atoms with Gasteiger partial charge in [0.2, 0.25) is 5.91 Å². The number of rotatable bonds is 5. The van der Waals surface area contributed by atoms with Crippen LogP contribution in [0.1, 0.15) is 31.7 Å². The third kappa shape index (κ3) is 3.80. The maximum absolute atomic E-state index is 11.4. The van der Waals surface area contributed by atoms with Crippen LogP contribution in [0.4, 0.5) is 5.69 Å². The Morgan fingerprint density at radius 2 is 2.29 bits per heavy atom. The van der Waals surface area contributed by atoms with Crippen LogP contribution in [0.2, 0.25) is 0 Å². The van der Waals surface area contributed by atoms with Gasteiger partial charge in [0.15, 0.2) is 0 Å². The van der Waals surface area contributed by atoms with Gasteiger partial charge in [-0.05, 0) is 24.5 Å². The minimum Gasteiger partial charge on any atom is -0.505 e. The molecule has 0 saturated carbocycles. The van der Waals surface area contributed by atoms with Crippen molar-refractivity contribution in [3.8, 4) is 11.8 Å². The topological polar surface area (TPSA) is 73.1 Å². The Kier molecular flexibility index (Phi) is 5.02. The van der Waals surface area contributed by atoms with Gasteiger partial charge in [0, 0.05) is 12.8 Å². The van der Waals surface area contributed by atoms with Crippen molar-refractivity contribution >= 4 is 11.6 Å². The van der Waals surface area contributed by atoms with Crippen molar-refractivity contribution in [1.29, 1.82) is 5.26 Å². The molecule has 2 N–H and O–H groups in total. The van der Waals surface area contributed by atoms with Crippen LogP contribution < -0.4 is 5.32 Å². The van der Waals surface area contributed by atoms with E-state index in [-0.39, 0.29) is 11.7 Å². The van der Waals surface area contributed by atoms with E-state index in [0.29, 0.717) is 30.5 Å². The average molecular weight is 232 g/mol. The molecule has 0 bridgehead atoms. The summed E-state index contributed by atoms with van der Waals surface area (Å²) in [6.45, 7) is 1.92. The van der Waals surface area contributed by atoms with Crippen molar-refractivity contribution in [2.75, 3.05) is 5.32 Å². The molecule has 0 heterocycles. The number of amides is 1. The van der Waals surface area contributed by atoms with Crippen LogP contribution in [-0.4, -0.2) is 11.0 Å². The van der Waals surface area contributed by atoms with E-state index in [2.05, 4.69) is 5.32 Å². The van der Waals surface area contributed by atoms with Crippen molar-refractivity contribution in [1.82, 2.24) is 0 Å². The molecule has 0 fully saturated rings. The Hall–Kier alpha value is -2.02. The normalized spacial score (nSPS) is 9.65. The number of aryl methyl sites for hydroxylation is 1. The first kappa shape index (κ1) is 13.0. The smallest absolute Gasteiger partial charge is 0.224 e. The molecular formula is C13H16N2O2. The number of nitriles is 1. The first-order valence-corrected chi connectivity index (χ1v) is 5.66. The third-order valence-corrected chi connectivity index (χ3v) is 2.38. The van der Waals surface area contributed by atoms with Gasteiger partial charge in [0.25, 0.3) is 0 Å². The first-order chi connectivity index (χ1) is 8.19. The molecule has 4 heteroatoms. The van der Waals surface area contributed by atoms with E-state index in [4.69, 9.17) is 5.26 Å². The number of benzene rings is 1. The molecule has 1 aromatic rings. The fraction of sp³-hybridized carbons (Fsp3) is 0.385. The number of carbonyl (C=O) groups is 1. The number of para-hydroxylation sites is 1. The third-order valence-electron chi connectivity index (χ3n) is 2.38. The van der Waals surface area contributed by atoms with E-state index in [9.17, 15) is 9.90 Å². The summed E-state index contributed by atoms with van der Waals surface area (Å²) in [5, 5.41) is 21.1. The average Bonchev–Trinajstić information content (AvgIpc) is 2.30. The van der Waals surface area contributed by atoms with E-state index >= 15 is 0 Å². The van der Waals surface area contributed by atoms with Gasteiger partial charge in [-0.15, -0.1) is 0 Å². The fourth-order valence-corrected chi connectivity index (χ4v) is 1.52. The molecule has 0 aromatic heterocycles. The summed E-state index contributed by atoms with van der Waals surface area (Å²) in [5.41, 5.74) is 1.10. The Morgan fingerprint density at radius 1 is 1.53 bits per heavy atom. The molecule has 0 aliphatic rings. The van der Waals surface area contributed by atoms with Gasteiger partial charge in [-0.25, -0.2) is 0 Å². The van der Waals surface area contributed by atoms with E-state index in [1.54, 1.807) is 18.2 Å². The lowest BCUT2D eigenvalue weighted by molar-refractivity contribution is -0.116. The largest absolute Gasteiger partial charge is 0.505 e. The first-order valence-electron chi connectivity index (χ1n) is 5.66. The highest BCUT2D eigenvalue weighted by molar-refractivity contribution is 5.92. The summed E-state index contributed by atoms with van der Waals surface area (Å²) in [4.78, 5) is 11.4. The number of nitrogens with one attached hydrogen (secondary N) is 1. The zero-order valence-corrected chi connectivity index (χ0v) is 9.86. The Balaban J connectivity index is 2.79. The van der Waals surface area contributed by atoms with E-state index < -0.39 is 0 Å². The molecule has 1 aromatic carbocycles. The van der Waals surface area contributed by atoms with Crippen LogP contribution in [0, 0.1) is 11.3 Å². The predicted molar refractivity (Wildman–Crippen MR) is 65.6 cm³/mol. The van der Waals surface area contributed by atoms with Crippen LogP contribution >= 0.6 is 0 Å². The number of anilines is 1. The molecular weight excluding hydrogens is 216 g/mol. The molecule has 0 saturated heterocycles. The molecule has 90 valence electrons. The maximum atomic E-state index is 11.4. The van der Waals surface area contributed by atoms with Crippen LogP contribution in [-0.2, 0) is 11.2 Å². The molecule has 0 aliphatic heterocycles. The number of nitrogens with zero attached hydrogens (tertiary/aromatic N) is 1. The van der Waals surface area contributed by atoms with Gasteiger partial charge in [-0.2, -0.15) is 5.26 Å². The molecule has 4 nitrogen and oxygen atoms in total. The molecule has 1 rings (SSSR count). The summed E-state index contributed by atoms with van der Waals surface area (Å²) in [6.07, 6.45) is 2.03. The van der Waals surface area contributed by atoms with Gasteiger partial charge in [-0.1, -0.05) is 19.1 Å². The van der Waals surface area contributed by atoms with E-state index in [0.717, 1.165) is 6.42 Å². The van der Waals surface area contributed by atoms with E-state index in [1.165, 1.54) is 0 Å². The highest BCUT2D eigenvalue weighted by atomic mass is 16.3. The zero-order valence-electron chi connectivity index (χ0n) is 9.86. The summed E-state index contributed by atoms with van der Waals surface area (Å²) in [7, 11) is 0. The second-order valence-electron chi connectivity index (χ2n) is 3.77. The van der Waals surface area contributed by atoms with Crippen molar-refractivity contribution in [3.63, 3.8) is 0 Å². The van der Waals surface area contributed by atoms with Gasteiger partial charge >= 0.3 is 0 Å². The lowest BCUT2D eigenvalue weighted by Crippen LogP contribution is -2.11. The Morgan fingerprint density at radius 3 is 2.94 bits per heavy atom. The van der Waals surface area contributed by atoms with Gasteiger partial charge in [-0.3, -0.25) is 4.79 Å². The number of phenolic OH excluding ortho intramolecular Hbond substituents is 1. The second-order valence-corrected chi connectivity index (χ2v) is 3.77. The predicted octanol–water partition coefficient (Wildman–Crippen LogP) is 2.59. The minimum atomic E-state index is -0.111.